The van der Waals surface area contributed by atoms with Crippen molar-refractivity contribution in [1.82, 2.24) is 10.2 Å². The Morgan fingerprint density at radius 2 is 2.00 bits per heavy atom. The average Bonchev–Trinajstić information content (AvgIpc) is 3.29. The second-order valence-electron chi connectivity index (χ2n) is 6.84. The lowest BCUT2D eigenvalue weighted by atomic mass is 10.1. The van der Waals surface area contributed by atoms with E-state index < -0.39 is 0 Å². The van der Waals surface area contributed by atoms with E-state index in [1.165, 1.54) is 11.3 Å². The highest BCUT2D eigenvalue weighted by molar-refractivity contribution is 7.15. The molecule has 1 saturated heterocycles. The summed E-state index contributed by atoms with van der Waals surface area (Å²) >= 11 is 1.43. The Hall–Kier alpha value is -2.28. The summed E-state index contributed by atoms with van der Waals surface area (Å²) in [5.74, 6) is -0.164. The van der Waals surface area contributed by atoms with E-state index in [0.29, 0.717) is 17.6 Å². The summed E-state index contributed by atoms with van der Waals surface area (Å²) in [6.07, 6.45) is 3.08. The standard InChI is InChI=1S/C20H26N4O2S/c1-4-13(5-2)19-22-23-20(27-19)21-18(26)15-11-17(25)24(12-15)16-10-8-7-9-14(16)6-3/h7-10,13,15H,4-6,11-12H2,1-3H3,(H,21,23,26). The molecule has 6 nitrogen and oxygen atoms in total. The van der Waals surface area contributed by atoms with Gasteiger partial charge in [0.15, 0.2) is 0 Å². The minimum absolute atomic E-state index is 0.00830. The number of para-hydroxylation sites is 1. The van der Waals surface area contributed by atoms with Crippen LogP contribution in [0.2, 0.25) is 0 Å². The van der Waals surface area contributed by atoms with Gasteiger partial charge in [0.1, 0.15) is 5.01 Å². The lowest BCUT2D eigenvalue weighted by Crippen LogP contribution is -2.28. The zero-order valence-electron chi connectivity index (χ0n) is 16.1. The molecular formula is C20H26N4O2S. The SMILES string of the molecule is CCc1ccccc1N1CC(C(=O)Nc2nnc(C(CC)CC)s2)CC1=O. The average molecular weight is 387 g/mol. The molecule has 0 radical (unpaired) electrons. The molecule has 27 heavy (non-hydrogen) atoms. The fourth-order valence-electron chi connectivity index (χ4n) is 3.48. The van der Waals surface area contributed by atoms with Crippen LogP contribution in [0, 0.1) is 5.92 Å². The maximum absolute atomic E-state index is 12.7. The maximum atomic E-state index is 12.7. The topological polar surface area (TPSA) is 75.2 Å². The lowest BCUT2D eigenvalue weighted by Gasteiger charge is -2.19. The van der Waals surface area contributed by atoms with Gasteiger partial charge in [0.2, 0.25) is 16.9 Å². The van der Waals surface area contributed by atoms with E-state index >= 15 is 0 Å². The number of benzene rings is 1. The molecule has 0 spiro atoms. The molecule has 1 atom stereocenters. The van der Waals surface area contributed by atoms with Crippen molar-refractivity contribution in [2.24, 2.45) is 5.92 Å². The number of hydrogen-bond donors (Lipinski definition) is 1. The van der Waals surface area contributed by atoms with Crippen LogP contribution in [0.15, 0.2) is 24.3 Å². The molecule has 2 heterocycles. The molecule has 1 fully saturated rings. The first-order chi connectivity index (χ1) is 13.1. The van der Waals surface area contributed by atoms with Crippen molar-refractivity contribution in [1.29, 1.82) is 0 Å². The number of carbonyl (C=O) groups is 2. The van der Waals surface area contributed by atoms with Crippen molar-refractivity contribution >= 4 is 34.0 Å². The Labute approximate surface area is 164 Å². The second-order valence-corrected chi connectivity index (χ2v) is 7.84. The van der Waals surface area contributed by atoms with Crippen molar-refractivity contribution in [2.45, 2.75) is 52.4 Å². The third-order valence-corrected chi connectivity index (χ3v) is 6.17. The first kappa shape index (κ1) is 19.5. The van der Waals surface area contributed by atoms with Crippen LogP contribution < -0.4 is 10.2 Å². The van der Waals surface area contributed by atoms with Crippen LogP contribution in [0.3, 0.4) is 0 Å². The number of aryl methyl sites for hydroxylation is 1. The van der Waals surface area contributed by atoms with E-state index in [4.69, 9.17) is 0 Å². The lowest BCUT2D eigenvalue weighted by molar-refractivity contribution is -0.122. The van der Waals surface area contributed by atoms with Crippen LogP contribution in [0.5, 0.6) is 0 Å². The van der Waals surface area contributed by atoms with Gasteiger partial charge >= 0.3 is 0 Å². The summed E-state index contributed by atoms with van der Waals surface area (Å²) in [5.41, 5.74) is 2.03. The molecule has 2 aromatic rings. The van der Waals surface area contributed by atoms with Gasteiger partial charge in [-0.25, -0.2) is 0 Å². The number of aromatic nitrogens is 2. The van der Waals surface area contributed by atoms with E-state index in [0.717, 1.165) is 35.5 Å². The third kappa shape index (κ3) is 4.18. The van der Waals surface area contributed by atoms with Crippen molar-refractivity contribution in [3.05, 3.63) is 34.8 Å². The summed E-state index contributed by atoms with van der Waals surface area (Å²) in [6, 6.07) is 7.87. The van der Waals surface area contributed by atoms with E-state index in [-0.39, 0.29) is 24.2 Å². The molecule has 1 aromatic heterocycles. The van der Waals surface area contributed by atoms with Crippen molar-refractivity contribution < 1.29 is 9.59 Å². The number of nitrogens with one attached hydrogen (secondary N) is 1. The van der Waals surface area contributed by atoms with E-state index in [9.17, 15) is 9.59 Å². The van der Waals surface area contributed by atoms with Gasteiger partial charge in [-0.15, -0.1) is 10.2 Å². The first-order valence-corrected chi connectivity index (χ1v) is 10.4. The minimum Gasteiger partial charge on any atom is -0.311 e. The zero-order valence-corrected chi connectivity index (χ0v) is 16.9. The number of rotatable bonds is 7. The van der Waals surface area contributed by atoms with Crippen LogP contribution in [-0.2, 0) is 16.0 Å². The molecule has 0 saturated carbocycles. The molecule has 3 rings (SSSR count). The van der Waals surface area contributed by atoms with E-state index in [1.54, 1.807) is 4.90 Å². The van der Waals surface area contributed by atoms with Crippen LogP contribution >= 0.6 is 11.3 Å². The number of carbonyl (C=O) groups excluding carboxylic acids is 2. The Morgan fingerprint density at radius 1 is 1.26 bits per heavy atom. The Bertz CT molecular complexity index is 816. The summed E-state index contributed by atoms with van der Waals surface area (Å²) in [4.78, 5) is 26.9. The first-order valence-electron chi connectivity index (χ1n) is 9.59. The fraction of sp³-hybridized carbons (Fsp3) is 0.500. The molecule has 1 aromatic carbocycles. The third-order valence-electron chi connectivity index (χ3n) is 5.16. The Kier molecular flexibility index (Phi) is 6.21. The zero-order chi connectivity index (χ0) is 19.4. The monoisotopic (exact) mass is 386 g/mol. The van der Waals surface area contributed by atoms with Gasteiger partial charge in [0.05, 0.1) is 5.92 Å². The highest BCUT2D eigenvalue weighted by atomic mass is 32.1. The molecule has 0 bridgehead atoms. The number of anilines is 2. The molecular weight excluding hydrogens is 360 g/mol. The summed E-state index contributed by atoms with van der Waals surface area (Å²) in [7, 11) is 0. The van der Waals surface area contributed by atoms with Gasteiger partial charge in [-0.05, 0) is 30.9 Å². The van der Waals surface area contributed by atoms with Crippen molar-refractivity contribution in [3.63, 3.8) is 0 Å². The number of nitrogens with zero attached hydrogens (tertiary/aromatic N) is 3. The van der Waals surface area contributed by atoms with Crippen LogP contribution in [-0.4, -0.2) is 28.6 Å². The second kappa shape index (κ2) is 8.61. The number of hydrogen-bond acceptors (Lipinski definition) is 5. The van der Waals surface area contributed by atoms with Gasteiger partial charge in [-0.2, -0.15) is 0 Å². The minimum atomic E-state index is -0.372. The van der Waals surface area contributed by atoms with Gasteiger partial charge in [-0.1, -0.05) is 50.3 Å². The molecule has 7 heteroatoms. The normalized spacial score (nSPS) is 17.0. The van der Waals surface area contributed by atoms with Crippen molar-refractivity contribution in [2.75, 3.05) is 16.8 Å². The molecule has 1 aliphatic heterocycles. The molecule has 1 aliphatic rings. The highest BCUT2D eigenvalue weighted by Gasteiger charge is 2.36. The molecule has 144 valence electrons. The molecule has 1 N–H and O–H groups in total. The Morgan fingerprint density at radius 3 is 2.70 bits per heavy atom. The Balaban J connectivity index is 1.67. The van der Waals surface area contributed by atoms with Gasteiger partial charge in [-0.3, -0.25) is 9.59 Å². The fourth-order valence-corrected chi connectivity index (χ4v) is 4.50. The predicted molar refractivity (Wildman–Crippen MR) is 108 cm³/mol. The van der Waals surface area contributed by atoms with Crippen LogP contribution in [0.25, 0.3) is 0 Å². The predicted octanol–water partition coefficient (Wildman–Crippen LogP) is 4.00. The molecule has 1 unspecified atom stereocenters. The summed E-state index contributed by atoms with van der Waals surface area (Å²) in [5, 5.41) is 12.6. The van der Waals surface area contributed by atoms with E-state index in [2.05, 4.69) is 36.3 Å². The van der Waals surface area contributed by atoms with Crippen molar-refractivity contribution in [3.8, 4) is 0 Å². The molecule has 0 aliphatic carbocycles. The smallest absolute Gasteiger partial charge is 0.231 e. The summed E-state index contributed by atoms with van der Waals surface area (Å²) in [6.45, 7) is 6.72. The van der Waals surface area contributed by atoms with Gasteiger partial charge < -0.3 is 10.2 Å². The van der Waals surface area contributed by atoms with E-state index in [1.807, 2.05) is 24.3 Å². The van der Waals surface area contributed by atoms with Crippen LogP contribution in [0.4, 0.5) is 10.8 Å². The van der Waals surface area contributed by atoms with Gasteiger partial charge in [0, 0.05) is 24.6 Å². The van der Waals surface area contributed by atoms with Crippen LogP contribution in [0.1, 0.15) is 56.5 Å². The largest absolute Gasteiger partial charge is 0.311 e. The highest BCUT2D eigenvalue weighted by Crippen LogP contribution is 2.31. The molecule has 2 amide bonds. The summed E-state index contributed by atoms with van der Waals surface area (Å²) < 4.78 is 0. The quantitative estimate of drug-likeness (QED) is 0.780. The maximum Gasteiger partial charge on any atom is 0.231 e. The van der Waals surface area contributed by atoms with Gasteiger partial charge in [0.25, 0.3) is 0 Å². The number of amides is 2.